The van der Waals surface area contributed by atoms with Crippen molar-refractivity contribution < 1.29 is 9.90 Å². The quantitative estimate of drug-likeness (QED) is 0.825. The molecule has 0 saturated carbocycles. The fraction of sp³-hybridized carbons (Fsp3) is 0. The fourth-order valence-corrected chi connectivity index (χ4v) is 1.43. The Labute approximate surface area is 97.4 Å². The number of benzene rings is 1. The van der Waals surface area contributed by atoms with Crippen LogP contribution in [0.4, 0.5) is 0 Å². The van der Waals surface area contributed by atoms with Crippen LogP contribution in [0.15, 0.2) is 30.9 Å². The van der Waals surface area contributed by atoms with Gasteiger partial charge in [0.25, 0.3) is 0 Å². The van der Waals surface area contributed by atoms with Crippen LogP contribution in [0, 0.1) is 0 Å². The van der Waals surface area contributed by atoms with Crippen molar-refractivity contribution in [3.05, 3.63) is 46.5 Å². The third-order valence-corrected chi connectivity index (χ3v) is 2.26. The maximum absolute atomic E-state index is 10.9. The van der Waals surface area contributed by atoms with Gasteiger partial charge in [0.05, 0.1) is 10.0 Å². The van der Waals surface area contributed by atoms with Crippen molar-refractivity contribution >= 4 is 35.1 Å². The van der Waals surface area contributed by atoms with Crippen LogP contribution in [0.3, 0.4) is 0 Å². The van der Waals surface area contributed by atoms with Gasteiger partial charge in [0.2, 0.25) is 0 Å². The molecular weight excluding hydrogens is 235 g/mol. The van der Waals surface area contributed by atoms with Crippen molar-refractivity contribution in [2.75, 3.05) is 0 Å². The largest absolute Gasteiger partial charge is 0.505 e. The Morgan fingerprint density at radius 1 is 1.33 bits per heavy atom. The van der Waals surface area contributed by atoms with E-state index in [4.69, 9.17) is 23.2 Å². The van der Waals surface area contributed by atoms with E-state index in [1.54, 1.807) is 6.08 Å². The molecule has 0 aliphatic rings. The number of halogens is 2. The minimum absolute atomic E-state index is 0.146. The first-order valence-electron chi connectivity index (χ1n) is 4.07. The molecule has 0 aliphatic carbocycles. The molecule has 2 nitrogen and oxygen atoms in total. The number of aromatic hydroxyl groups is 1. The van der Waals surface area contributed by atoms with Gasteiger partial charge in [-0.1, -0.05) is 35.9 Å². The third kappa shape index (κ3) is 3.11. The first-order chi connectivity index (χ1) is 7.04. The van der Waals surface area contributed by atoms with Gasteiger partial charge >= 0.3 is 0 Å². The Hall–Kier alpha value is -1.25. The highest BCUT2D eigenvalue weighted by Crippen LogP contribution is 2.32. The summed E-state index contributed by atoms with van der Waals surface area (Å²) in [5.41, 5.74) is 0.637. The van der Waals surface area contributed by atoms with Gasteiger partial charge in [-0.15, -0.1) is 0 Å². The highest BCUT2D eigenvalue weighted by atomic mass is 35.5. The minimum Gasteiger partial charge on any atom is -0.505 e. The molecule has 15 heavy (non-hydrogen) atoms. The second-order valence-corrected chi connectivity index (χ2v) is 3.59. The van der Waals surface area contributed by atoms with Gasteiger partial charge in [-0.25, -0.2) is 0 Å². The Morgan fingerprint density at radius 3 is 2.33 bits per heavy atom. The number of rotatable bonds is 3. The summed E-state index contributed by atoms with van der Waals surface area (Å²) in [5, 5.41) is 9.58. The summed E-state index contributed by atoms with van der Waals surface area (Å²) in [4.78, 5) is 10.9. The molecule has 4 heteroatoms. The maximum Gasteiger partial charge on any atom is 0.178 e. The number of allylic oxidation sites excluding steroid dienone is 2. The summed E-state index contributed by atoms with van der Waals surface area (Å²) in [6, 6.07) is 3.02. The van der Waals surface area contributed by atoms with E-state index < -0.39 is 0 Å². The number of phenols is 1. The minimum atomic E-state index is -0.213. The van der Waals surface area contributed by atoms with Crippen molar-refractivity contribution in [2.24, 2.45) is 0 Å². The molecule has 0 atom stereocenters. The lowest BCUT2D eigenvalue weighted by Crippen LogP contribution is -1.83. The Morgan fingerprint density at radius 2 is 1.87 bits per heavy atom. The summed E-state index contributed by atoms with van der Waals surface area (Å²) in [6.07, 6.45) is 4.08. The zero-order valence-electron chi connectivity index (χ0n) is 7.71. The summed E-state index contributed by atoms with van der Waals surface area (Å²) >= 11 is 11.4. The SMILES string of the molecule is C=CC(=O)C=Cc1cc(Cl)c(O)c(Cl)c1. The summed E-state index contributed by atoms with van der Waals surface area (Å²) in [6.45, 7) is 3.33. The van der Waals surface area contributed by atoms with Crippen LogP contribution in [0.5, 0.6) is 5.75 Å². The molecule has 0 aliphatic heterocycles. The number of phenolic OH excluding ortho intramolecular Hbond substituents is 1. The molecule has 0 radical (unpaired) electrons. The first kappa shape index (κ1) is 11.8. The van der Waals surface area contributed by atoms with Crippen molar-refractivity contribution in [1.29, 1.82) is 0 Å². The Balaban J connectivity index is 3.02. The van der Waals surface area contributed by atoms with Crippen molar-refractivity contribution in [1.82, 2.24) is 0 Å². The molecule has 0 saturated heterocycles. The van der Waals surface area contributed by atoms with Crippen LogP contribution in [0.25, 0.3) is 6.08 Å². The van der Waals surface area contributed by atoms with Crippen molar-refractivity contribution in [3.63, 3.8) is 0 Å². The molecule has 1 aromatic rings. The molecule has 0 spiro atoms. The Bertz CT molecular complexity index is 413. The molecule has 1 aromatic carbocycles. The fourth-order valence-electron chi connectivity index (χ4n) is 0.928. The lowest BCUT2D eigenvalue weighted by Gasteiger charge is -2.01. The van der Waals surface area contributed by atoms with E-state index >= 15 is 0 Å². The molecule has 1 N–H and O–H groups in total. The molecule has 0 fully saturated rings. The highest BCUT2D eigenvalue weighted by Gasteiger charge is 2.04. The van der Waals surface area contributed by atoms with Crippen LogP contribution in [0.2, 0.25) is 10.0 Å². The molecule has 0 heterocycles. The van der Waals surface area contributed by atoms with E-state index in [1.807, 2.05) is 0 Å². The summed E-state index contributed by atoms with van der Waals surface area (Å²) in [7, 11) is 0. The molecule has 0 unspecified atom stereocenters. The normalized spacial score (nSPS) is 10.5. The topological polar surface area (TPSA) is 37.3 Å². The molecule has 0 amide bonds. The second kappa shape index (κ2) is 5.01. The number of hydrogen-bond acceptors (Lipinski definition) is 2. The van der Waals surface area contributed by atoms with Crippen molar-refractivity contribution in [3.8, 4) is 5.75 Å². The number of carbonyl (C=O) groups excluding carboxylic acids is 1. The first-order valence-corrected chi connectivity index (χ1v) is 4.82. The monoisotopic (exact) mass is 242 g/mol. The van der Waals surface area contributed by atoms with Gasteiger partial charge in [-0.3, -0.25) is 4.79 Å². The zero-order chi connectivity index (χ0) is 11.4. The van der Waals surface area contributed by atoms with Crippen LogP contribution < -0.4 is 0 Å². The van der Waals surface area contributed by atoms with Gasteiger partial charge in [0.1, 0.15) is 0 Å². The van der Waals surface area contributed by atoms with E-state index in [9.17, 15) is 9.90 Å². The number of carbonyl (C=O) groups is 1. The molecule has 0 aromatic heterocycles. The molecule has 0 bridgehead atoms. The van der Waals surface area contributed by atoms with Gasteiger partial charge < -0.3 is 5.11 Å². The standard InChI is InChI=1S/C11H8Cl2O2/c1-2-8(14)4-3-7-5-9(12)11(15)10(13)6-7/h2-6,15H,1H2. The molecular formula is C11H8Cl2O2. The smallest absolute Gasteiger partial charge is 0.178 e. The lowest BCUT2D eigenvalue weighted by atomic mass is 10.2. The van der Waals surface area contributed by atoms with E-state index in [1.165, 1.54) is 24.3 Å². The number of hydrogen-bond donors (Lipinski definition) is 1. The van der Waals surface area contributed by atoms with Gasteiger partial charge in [-0.05, 0) is 29.8 Å². The van der Waals surface area contributed by atoms with E-state index in [0.29, 0.717) is 5.56 Å². The van der Waals surface area contributed by atoms with Crippen LogP contribution in [-0.4, -0.2) is 10.9 Å². The highest BCUT2D eigenvalue weighted by molar-refractivity contribution is 6.37. The van der Waals surface area contributed by atoms with Gasteiger partial charge in [0.15, 0.2) is 11.5 Å². The second-order valence-electron chi connectivity index (χ2n) is 2.77. The Kier molecular flexibility index (Phi) is 3.95. The number of ketones is 1. The maximum atomic E-state index is 10.9. The van der Waals surface area contributed by atoms with E-state index in [2.05, 4.69) is 6.58 Å². The average Bonchev–Trinajstić information content (AvgIpc) is 2.22. The predicted octanol–water partition coefficient (Wildman–Crippen LogP) is 3.47. The predicted molar refractivity (Wildman–Crippen MR) is 62.4 cm³/mol. The summed E-state index contributed by atoms with van der Waals surface area (Å²) < 4.78 is 0. The van der Waals surface area contributed by atoms with Gasteiger partial charge in [-0.2, -0.15) is 0 Å². The third-order valence-electron chi connectivity index (χ3n) is 1.68. The van der Waals surface area contributed by atoms with Crippen LogP contribution in [-0.2, 0) is 4.79 Å². The molecule has 78 valence electrons. The summed E-state index contributed by atoms with van der Waals surface area (Å²) in [5.74, 6) is -0.374. The zero-order valence-corrected chi connectivity index (χ0v) is 9.22. The van der Waals surface area contributed by atoms with E-state index in [-0.39, 0.29) is 21.6 Å². The van der Waals surface area contributed by atoms with Crippen molar-refractivity contribution in [2.45, 2.75) is 0 Å². The molecule has 1 rings (SSSR count). The lowest BCUT2D eigenvalue weighted by molar-refractivity contribution is -0.110. The van der Waals surface area contributed by atoms with E-state index in [0.717, 1.165) is 0 Å². The van der Waals surface area contributed by atoms with Crippen LogP contribution in [0.1, 0.15) is 5.56 Å². The van der Waals surface area contributed by atoms with Crippen LogP contribution >= 0.6 is 23.2 Å². The average molecular weight is 243 g/mol. The van der Waals surface area contributed by atoms with Gasteiger partial charge in [0, 0.05) is 0 Å².